The van der Waals surface area contributed by atoms with Gasteiger partial charge < -0.3 is 14.7 Å². The van der Waals surface area contributed by atoms with Gasteiger partial charge in [-0.2, -0.15) is 0 Å². The van der Waals surface area contributed by atoms with Gasteiger partial charge in [-0.05, 0) is 88.7 Å². The van der Waals surface area contributed by atoms with Crippen molar-refractivity contribution in [3.05, 3.63) is 71.8 Å². The SMILES string of the molecule is CCN(C(=O)C(c1ccccc1)S(C)(=O)=O)C1CCN(CCC(c2ccccc2)C2CCN(C)CC2)CC1. The molecule has 2 aromatic carbocycles. The lowest BCUT2D eigenvalue weighted by molar-refractivity contribution is -0.134. The van der Waals surface area contributed by atoms with E-state index in [0.29, 0.717) is 18.0 Å². The summed E-state index contributed by atoms with van der Waals surface area (Å²) in [6.07, 6.45) is 6.61. The second kappa shape index (κ2) is 13.2. The molecule has 2 heterocycles. The normalized spacial score (nSPS) is 20.2. The van der Waals surface area contributed by atoms with Crippen LogP contribution in [0.1, 0.15) is 61.3 Å². The molecule has 1 amide bonds. The van der Waals surface area contributed by atoms with Crippen LogP contribution in [0, 0.1) is 5.92 Å². The van der Waals surface area contributed by atoms with Gasteiger partial charge in [-0.1, -0.05) is 60.7 Å². The highest BCUT2D eigenvalue weighted by molar-refractivity contribution is 7.91. The van der Waals surface area contributed by atoms with Crippen molar-refractivity contribution < 1.29 is 13.2 Å². The van der Waals surface area contributed by atoms with E-state index in [1.807, 2.05) is 17.9 Å². The van der Waals surface area contributed by atoms with Crippen LogP contribution in [0.3, 0.4) is 0 Å². The zero-order valence-electron chi connectivity index (χ0n) is 23.3. The van der Waals surface area contributed by atoms with Crippen LogP contribution in [0.4, 0.5) is 0 Å². The molecule has 0 aromatic heterocycles. The maximum atomic E-state index is 13.6. The van der Waals surface area contributed by atoms with Gasteiger partial charge in [-0.15, -0.1) is 0 Å². The fraction of sp³-hybridized carbons (Fsp3) is 0.581. The first-order valence-corrected chi connectivity index (χ1v) is 16.2. The van der Waals surface area contributed by atoms with Gasteiger partial charge >= 0.3 is 0 Å². The average Bonchev–Trinajstić information content (AvgIpc) is 2.91. The van der Waals surface area contributed by atoms with E-state index >= 15 is 0 Å². The minimum absolute atomic E-state index is 0.0792. The van der Waals surface area contributed by atoms with Gasteiger partial charge in [0.1, 0.15) is 0 Å². The monoisotopic (exact) mass is 539 g/mol. The van der Waals surface area contributed by atoms with Crippen molar-refractivity contribution in [3.63, 3.8) is 0 Å². The number of amides is 1. The minimum Gasteiger partial charge on any atom is -0.338 e. The zero-order chi connectivity index (χ0) is 27.1. The molecule has 2 aliphatic rings. The van der Waals surface area contributed by atoms with Gasteiger partial charge in [-0.3, -0.25) is 4.79 Å². The predicted molar refractivity (Wildman–Crippen MR) is 155 cm³/mol. The number of sulfone groups is 1. The van der Waals surface area contributed by atoms with Crippen LogP contribution in [0.25, 0.3) is 0 Å². The van der Waals surface area contributed by atoms with E-state index in [1.54, 1.807) is 24.3 Å². The molecule has 2 unspecified atom stereocenters. The maximum Gasteiger partial charge on any atom is 0.245 e. The van der Waals surface area contributed by atoms with Gasteiger partial charge in [0, 0.05) is 31.9 Å². The molecule has 0 saturated carbocycles. The molecule has 0 radical (unpaired) electrons. The standard InChI is InChI=1S/C31H45N3O3S/c1-4-34(31(35)30(38(3,36)37)27-13-9-6-10-14-27)28-17-22-33(23-18-28)24-19-29(25-11-7-5-8-12-25)26-15-20-32(2)21-16-26/h5-14,26,28-30H,4,15-24H2,1-3H3. The van der Waals surface area contributed by atoms with Crippen LogP contribution < -0.4 is 0 Å². The highest BCUT2D eigenvalue weighted by Crippen LogP contribution is 2.35. The van der Waals surface area contributed by atoms with Gasteiger partial charge in [0.05, 0.1) is 0 Å². The van der Waals surface area contributed by atoms with Gasteiger partial charge in [0.15, 0.2) is 15.1 Å². The lowest BCUT2D eigenvalue weighted by atomic mass is 9.78. The summed E-state index contributed by atoms with van der Waals surface area (Å²) in [7, 11) is -1.36. The molecule has 2 saturated heterocycles. The fourth-order valence-electron chi connectivity index (χ4n) is 6.53. The van der Waals surface area contributed by atoms with Gasteiger partial charge in [0.2, 0.25) is 5.91 Å². The third-order valence-electron chi connectivity index (χ3n) is 8.69. The Bertz CT molecular complexity index is 1110. The number of likely N-dealkylation sites (N-methyl/N-ethyl adjacent to an activating group) is 1. The highest BCUT2D eigenvalue weighted by Gasteiger charge is 2.37. The molecular formula is C31H45N3O3S. The van der Waals surface area contributed by atoms with Crippen molar-refractivity contribution in [2.24, 2.45) is 5.92 Å². The van der Waals surface area contributed by atoms with Crippen LogP contribution in [-0.2, 0) is 14.6 Å². The number of likely N-dealkylation sites (tertiary alicyclic amines) is 2. The third-order valence-corrected chi connectivity index (χ3v) is 10.0. The highest BCUT2D eigenvalue weighted by atomic mass is 32.2. The van der Waals surface area contributed by atoms with E-state index in [4.69, 9.17) is 0 Å². The molecule has 2 atom stereocenters. The first-order chi connectivity index (χ1) is 18.3. The lowest BCUT2D eigenvalue weighted by Gasteiger charge is -2.40. The summed E-state index contributed by atoms with van der Waals surface area (Å²) in [5.74, 6) is 1.02. The fourth-order valence-corrected chi connectivity index (χ4v) is 7.68. The third kappa shape index (κ3) is 7.25. The molecule has 2 aromatic rings. The van der Waals surface area contributed by atoms with Gasteiger partial charge in [-0.25, -0.2) is 8.42 Å². The molecule has 2 aliphatic heterocycles. The number of nitrogens with zero attached hydrogens (tertiary/aromatic N) is 3. The largest absolute Gasteiger partial charge is 0.338 e. The van der Waals surface area contributed by atoms with Crippen molar-refractivity contribution >= 4 is 15.7 Å². The average molecular weight is 540 g/mol. The molecule has 7 heteroatoms. The summed E-state index contributed by atoms with van der Waals surface area (Å²) in [4.78, 5) is 20.4. The summed E-state index contributed by atoms with van der Waals surface area (Å²) >= 11 is 0. The number of rotatable bonds is 10. The molecule has 2 fully saturated rings. The number of carbonyl (C=O) groups excluding carboxylic acids is 1. The van der Waals surface area contributed by atoms with Gasteiger partial charge in [0.25, 0.3) is 0 Å². The number of carbonyl (C=O) groups is 1. The summed E-state index contributed by atoms with van der Waals surface area (Å²) in [6, 6.07) is 20.0. The number of hydrogen-bond donors (Lipinski definition) is 0. The van der Waals surface area contributed by atoms with Crippen molar-refractivity contribution in [1.29, 1.82) is 0 Å². The molecule has 0 aliphatic carbocycles. The Kier molecular flexibility index (Phi) is 10.0. The van der Waals surface area contributed by atoms with E-state index in [0.717, 1.165) is 44.8 Å². The molecule has 6 nitrogen and oxygen atoms in total. The Morgan fingerprint density at radius 3 is 1.97 bits per heavy atom. The second-order valence-electron chi connectivity index (χ2n) is 11.3. The minimum atomic E-state index is -3.59. The van der Waals surface area contributed by atoms with Crippen LogP contribution in [0.2, 0.25) is 0 Å². The number of piperidine rings is 2. The first-order valence-electron chi connectivity index (χ1n) is 14.3. The van der Waals surface area contributed by atoms with E-state index in [-0.39, 0.29) is 11.9 Å². The van der Waals surface area contributed by atoms with Crippen molar-refractivity contribution in [1.82, 2.24) is 14.7 Å². The number of hydrogen-bond acceptors (Lipinski definition) is 5. The van der Waals surface area contributed by atoms with Crippen LogP contribution in [0.5, 0.6) is 0 Å². The zero-order valence-corrected chi connectivity index (χ0v) is 24.2. The lowest BCUT2D eigenvalue weighted by Crippen LogP contribution is -2.49. The molecule has 0 bridgehead atoms. The van der Waals surface area contributed by atoms with Crippen LogP contribution in [-0.4, -0.2) is 87.6 Å². The Morgan fingerprint density at radius 1 is 0.895 bits per heavy atom. The van der Waals surface area contributed by atoms with Crippen LogP contribution >= 0.6 is 0 Å². The summed E-state index contributed by atoms with van der Waals surface area (Å²) in [6.45, 7) is 7.79. The Labute approximate surface area is 229 Å². The second-order valence-corrected chi connectivity index (χ2v) is 13.4. The first kappa shape index (κ1) is 28.8. The number of benzene rings is 2. The molecule has 4 rings (SSSR count). The Balaban J connectivity index is 1.37. The molecule has 0 N–H and O–H groups in total. The summed E-state index contributed by atoms with van der Waals surface area (Å²) in [5, 5.41) is -1.14. The maximum absolute atomic E-state index is 13.6. The Hall–Kier alpha value is -2.22. The summed E-state index contributed by atoms with van der Waals surface area (Å²) < 4.78 is 25.4. The smallest absolute Gasteiger partial charge is 0.245 e. The summed E-state index contributed by atoms with van der Waals surface area (Å²) in [5.41, 5.74) is 2.02. The van der Waals surface area contributed by atoms with E-state index < -0.39 is 15.1 Å². The van der Waals surface area contributed by atoms with E-state index in [2.05, 4.69) is 47.2 Å². The predicted octanol–water partition coefficient (Wildman–Crippen LogP) is 4.60. The quantitative estimate of drug-likeness (QED) is 0.442. The molecule has 0 spiro atoms. The molecule has 208 valence electrons. The molecular weight excluding hydrogens is 494 g/mol. The topological polar surface area (TPSA) is 60.9 Å². The molecule has 38 heavy (non-hydrogen) atoms. The van der Waals surface area contributed by atoms with E-state index in [9.17, 15) is 13.2 Å². The van der Waals surface area contributed by atoms with Crippen molar-refractivity contribution in [3.8, 4) is 0 Å². The van der Waals surface area contributed by atoms with Crippen molar-refractivity contribution in [2.45, 2.75) is 56.2 Å². The van der Waals surface area contributed by atoms with Crippen LogP contribution in [0.15, 0.2) is 60.7 Å². The Morgan fingerprint density at radius 2 is 1.45 bits per heavy atom. The van der Waals surface area contributed by atoms with Crippen molar-refractivity contribution in [2.75, 3.05) is 52.6 Å². The van der Waals surface area contributed by atoms with E-state index in [1.165, 1.54) is 37.8 Å².